The molecule has 0 aromatic carbocycles. The van der Waals surface area contributed by atoms with Gasteiger partial charge < -0.3 is 0 Å². The van der Waals surface area contributed by atoms with Crippen LogP contribution in [-0.4, -0.2) is 22.3 Å². The number of rotatable bonds is 6. The molecule has 0 saturated heterocycles. The molecular formula is C11H18BNO2S. The summed E-state index contributed by atoms with van der Waals surface area (Å²) in [4.78, 5) is 0.370. The average Bonchev–Trinajstić information content (AvgIpc) is 3.00. The van der Waals surface area contributed by atoms with Crippen molar-refractivity contribution >= 4 is 17.9 Å². The lowest BCUT2D eigenvalue weighted by Gasteiger charge is -2.06. The van der Waals surface area contributed by atoms with Crippen LogP contribution in [0.15, 0.2) is 35.3 Å². The molecule has 0 spiro atoms. The van der Waals surface area contributed by atoms with Crippen molar-refractivity contribution in [2.24, 2.45) is 0 Å². The second-order valence-corrected chi connectivity index (χ2v) is 5.87. The third-order valence-corrected chi connectivity index (χ3v) is 4.06. The monoisotopic (exact) mass is 239 g/mol. The number of allylic oxidation sites excluding steroid dienone is 5. The summed E-state index contributed by atoms with van der Waals surface area (Å²) in [5, 5.41) is 0. The van der Waals surface area contributed by atoms with E-state index in [-0.39, 0.29) is 6.04 Å². The summed E-state index contributed by atoms with van der Waals surface area (Å²) in [5.74, 6) is 0. The summed E-state index contributed by atoms with van der Waals surface area (Å²) in [6.07, 6.45) is 7.90. The molecule has 1 rings (SSSR count). The highest BCUT2D eigenvalue weighted by Gasteiger charge is 2.27. The van der Waals surface area contributed by atoms with Gasteiger partial charge in [0.05, 0.1) is 4.91 Å². The molecule has 5 heteroatoms. The van der Waals surface area contributed by atoms with Crippen LogP contribution in [0.5, 0.6) is 0 Å². The lowest BCUT2D eigenvalue weighted by Crippen LogP contribution is -2.26. The second kappa shape index (κ2) is 5.50. The predicted molar refractivity (Wildman–Crippen MR) is 70.5 cm³/mol. The fraction of sp³-hybridized carbons (Fsp3) is 0.455. The Kier molecular flexibility index (Phi) is 4.56. The van der Waals surface area contributed by atoms with Gasteiger partial charge in [-0.3, -0.25) is 0 Å². The molecule has 0 heterocycles. The zero-order valence-electron chi connectivity index (χ0n) is 9.86. The van der Waals surface area contributed by atoms with Crippen LogP contribution >= 0.6 is 0 Å². The van der Waals surface area contributed by atoms with Gasteiger partial charge >= 0.3 is 0 Å². The zero-order valence-corrected chi connectivity index (χ0v) is 10.7. The van der Waals surface area contributed by atoms with Crippen LogP contribution < -0.4 is 4.72 Å². The average molecular weight is 239 g/mol. The predicted octanol–water partition coefficient (Wildman–Crippen LogP) is 1.14. The van der Waals surface area contributed by atoms with Crippen molar-refractivity contribution in [3.63, 3.8) is 0 Å². The van der Waals surface area contributed by atoms with Gasteiger partial charge in [-0.25, -0.2) is 13.1 Å². The number of sulfonamides is 1. The van der Waals surface area contributed by atoms with E-state index in [1.807, 2.05) is 13.9 Å². The van der Waals surface area contributed by atoms with Crippen LogP contribution in [0, 0.1) is 0 Å². The Morgan fingerprint density at radius 1 is 1.56 bits per heavy atom. The van der Waals surface area contributed by atoms with Gasteiger partial charge in [0.2, 0.25) is 10.0 Å². The lowest BCUT2D eigenvalue weighted by atomic mass is 9.96. The highest BCUT2D eigenvalue weighted by atomic mass is 32.2. The molecule has 1 aliphatic rings. The van der Waals surface area contributed by atoms with Crippen LogP contribution in [0.2, 0.25) is 6.32 Å². The van der Waals surface area contributed by atoms with Crippen LogP contribution in [0.4, 0.5) is 0 Å². The molecule has 88 valence electrons. The minimum absolute atomic E-state index is 0.154. The van der Waals surface area contributed by atoms with Crippen LogP contribution in [0.3, 0.4) is 0 Å². The Hall–Kier alpha value is -0.805. The highest BCUT2D eigenvalue weighted by molar-refractivity contribution is 7.93. The molecule has 1 saturated carbocycles. The molecule has 0 atom stereocenters. The van der Waals surface area contributed by atoms with Gasteiger partial charge in [-0.15, -0.1) is 0 Å². The Morgan fingerprint density at radius 3 is 2.62 bits per heavy atom. The van der Waals surface area contributed by atoms with E-state index < -0.39 is 10.0 Å². The molecule has 0 radical (unpaired) electrons. The van der Waals surface area contributed by atoms with E-state index >= 15 is 0 Å². The van der Waals surface area contributed by atoms with Crippen molar-refractivity contribution in [2.75, 3.05) is 0 Å². The van der Waals surface area contributed by atoms with Gasteiger partial charge in [-0.05, 0) is 25.8 Å². The molecule has 0 aliphatic heterocycles. The molecule has 0 amide bonds. The normalized spacial score (nSPS) is 18.6. The smallest absolute Gasteiger partial charge is 0.208 e. The highest BCUT2D eigenvalue weighted by Crippen LogP contribution is 2.22. The van der Waals surface area contributed by atoms with E-state index in [4.69, 9.17) is 0 Å². The molecule has 0 aromatic rings. The van der Waals surface area contributed by atoms with Gasteiger partial charge in [0, 0.05) is 6.04 Å². The van der Waals surface area contributed by atoms with Gasteiger partial charge in [-0.2, -0.15) is 0 Å². The van der Waals surface area contributed by atoms with E-state index in [9.17, 15) is 8.42 Å². The minimum Gasteiger partial charge on any atom is -0.208 e. The van der Waals surface area contributed by atoms with Gasteiger partial charge in [-0.1, -0.05) is 30.6 Å². The summed E-state index contributed by atoms with van der Waals surface area (Å²) in [6, 6.07) is 0.154. The summed E-state index contributed by atoms with van der Waals surface area (Å²) >= 11 is 0. The molecule has 1 N–H and O–H groups in total. The van der Waals surface area contributed by atoms with Crippen molar-refractivity contribution in [1.82, 2.24) is 4.72 Å². The van der Waals surface area contributed by atoms with E-state index in [2.05, 4.69) is 11.3 Å². The second-order valence-electron chi connectivity index (χ2n) is 3.98. The summed E-state index contributed by atoms with van der Waals surface area (Å²) in [7, 11) is -1.30. The summed E-state index contributed by atoms with van der Waals surface area (Å²) in [6.45, 7) is 5.23. The first-order chi connectivity index (χ1) is 7.49. The summed E-state index contributed by atoms with van der Waals surface area (Å²) < 4.78 is 26.3. The van der Waals surface area contributed by atoms with E-state index in [0.29, 0.717) is 4.91 Å². The molecule has 16 heavy (non-hydrogen) atoms. The fourth-order valence-electron chi connectivity index (χ4n) is 1.27. The first-order valence-electron chi connectivity index (χ1n) is 5.52. The lowest BCUT2D eigenvalue weighted by molar-refractivity contribution is 0.587. The maximum atomic E-state index is 11.8. The Morgan fingerprint density at radius 2 is 2.19 bits per heavy atom. The van der Waals surface area contributed by atoms with Crippen molar-refractivity contribution in [2.45, 2.75) is 32.1 Å². The number of hydrogen-bond donors (Lipinski definition) is 1. The SMILES string of the molecule is BCC(=C/C=C)/C=C(\C)S(=O)(=O)NC1CC1. The van der Waals surface area contributed by atoms with Gasteiger partial charge in [0.25, 0.3) is 0 Å². The first-order valence-corrected chi connectivity index (χ1v) is 7.00. The maximum Gasteiger partial charge on any atom is 0.236 e. The molecule has 0 bridgehead atoms. The van der Waals surface area contributed by atoms with Crippen molar-refractivity contribution in [3.05, 3.63) is 35.3 Å². The fourth-order valence-corrected chi connectivity index (χ4v) is 2.44. The van der Waals surface area contributed by atoms with Crippen LogP contribution in [0.25, 0.3) is 0 Å². The minimum atomic E-state index is -3.28. The first kappa shape index (κ1) is 13.3. The number of hydrogen-bond acceptors (Lipinski definition) is 2. The third kappa shape index (κ3) is 3.98. The molecule has 0 aromatic heterocycles. The molecule has 1 fully saturated rings. The Balaban J connectivity index is 2.81. The van der Waals surface area contributed by atoms with Gasteiger partial charge in [0.15, 0.2) is 0 Å². The number of nitrogens with one attached hydrogen (secondary N) is 1. The van der Waals surface area contributed by atoms with Crippen LogP contribution in [0.1, 0.15) is 19.8 Å². The standard InChI is InChI=1S/C11H18BNO2S/c1-3-4-10(8-12)7-9(2)16(14,15)13-11-5-6-11/h3-4,7,11,13H,1,5-6,8,12H2,2H3/b9-7+,10-4+. The van der Waals surface area contributed by atoms with Crippen molar-refractivity contribution in [3.8, 4) is 0 Å². The van der Waals surface area contributed by atoms with Crippen LogP contribution in [-0.2, 0) is 10.0 Å². The Bertz CT molecular complexity index is 419. The van der Waals surface area contributed by atoms with Gasteiger partial charge in [0.1, 0.15) is 7.85 Å². The molecule has 1 aliphatic carbocycles. The zero-order chi connectivity index (χ0) is 12.2. The van der Waals surface area contributed by atoms with E-state index in [0.717, 1.165) is 24.7 Å². The maximum absolute atomic E-state index is 11.8. The molecule has 0 unspecified atom stereocenters. The van der Waals surface area contributed by atoms with E-state index in [1.165, 1.54) is 0 Å². The third-order valence-electron chi connectivity index (χ3n) is 2.45. The molecule has 3 nitrogen and oxygen atoms in total. The van der Waals surface area contributed by atoms with Crippen molar-refractivity contribution in [1.29, 1.82) is 0 Å². The molecular weight excluding hydrogens is 221 g/mol. The van der Waals surface area contributed by atoms with Crippen molar-refractivity contribution < 1.29 is 8.42 Å². The van der Waals surface area contributed by atoms with E-state index in [1.54, 1.807) is 19.1 Å². The summed E-state index contributed by atoms with van der Waals surface area (Å²) in [5.41, 5.74) is 0.966. The largest absolute Gasteiger partial charge is 0.236 e. The quantitative estimate of drug-likeness (QED) is 0.558. The Labute approximate surface area is 98.8 Å². The topological polar surface area (TPSA) is 46.2 Å².